The van der Waals surface area contributed by atoms with Crippen LogP contribution in [-0.2, 0) is 27.8 Å². The topological polar surface area (TPSA) is 98.3 Å². The van der Waals surface area contributed by atoms with Crippen LogP contribution in [0.15, 0.2) is 58.6 Å². The van der Waals surface area contributed by atoms with Crippen molar-refractivity contribution in [1.82, 2.24) is 14.5 Å². The Morgan fingerprint density at radius 3 is 2.52 bits per heavy atom. The van der Waals surface area contributed by atoms with Crippen LogP contribution in [0.3, 0.4) is 0 Å². The number of likely N-dealkylation sites (tertiary alicyclic amines) is 1. The van der Waals surface area contributed by atoms with Gasteiger partial charge in [0.1, 0.15) is 0 Å². The lowest BCUT2D eigenvalue weighted by Gasteiger charge is -2.33. The molecule has 0 saturated carbocycles. The summed E-state index contributed by atoms with van der Waals surface area (Å²) in [5, 5.41) is 5.69. The standard InChI is InChI=1S/C24H30N4O3S2/c1-3-28-22-10-9-20(33(25,30)31)16-21(22)26-24(28)32-17(2)23(29)27-13-11-19(12-14-27)15-18-7-5-4-6-8-18/h4-10,16-17,19H,3,11-15H2,1-2H3,(H2,25,30,31). The quantitative estimate of drug-likeness (QED) is 0.514. The summed E-state index contributed by atoms with van der Waals surface area (Å²) in [6.45, 7) is 6.15. The molecular formula is C24H30N4O3S2. The zero-order valence-electron chi connectivity index (χ0n) is 19.0. The number of carbonyl (C=O) groups is 1. The molecule has 1 fully saturated rings. The molecule has 1 saturated heterocycles. The smallest absolute Gasteiger partial charge is 0.238 e. The van der Waals surface area contributed by atoms with E-state index in [1.807, 2.05) is 29.4 Å². The number of hydrogen-bond donors (Lipinski definition) is 1. The molecule has 1 unspecified atom stereocenters. The molecule has 1 aromatic heterocycles. The summed E-state index contributed by atoms with van der Waals surface area (Å²) in [5.41, 5.74) is 2.75. The summed E-state index contributed by atoms with van der Waals surface area (Å²) in [6.07, 6.45) is 3.10. The van der Waals surface area contributed by atoms with Crippen LogP contribution in [0.1, 0.15) is 32.3 Å². The van der Waals surface area contributed by atoms with Gasteiger partial charge in [-0.2, -0.15) is 0 Å². The van der Waals surface area contributed by atoms with Crippen LogP contribution >= 0.6 is 11.8 Å². The number of piperidine rings is 1. The van der Waals surface area contributed by atoms with E-state index >= 15 is 0 Å². The molecule has 1 aliphatic rings. The molecule has 1 atom stereocenters. The number of primary sulfonamides is 1. The summed E-state index contributed by atoms with van der Waals surface area (Å²) in [7, 11) is -3.80. The molecule has 33 heavy (non-hydrogen) atoms. The minimum Gasteiger partial charge on any atom is -0.342 e. The number of nitrogens with two attached hydrogens (primary N) is 1. The third-order valence-electron chi connectivity index (χ3n) is 6.25. The number of rotatable bonds is 7. The van der Waals surface area contributed by atoms with Gasteiger partial charge in [0, 0.05) is 19.6 Å². The number of aryl methyl sites for hydroxylation is 1. The van der Waals surface area contributed by atoms with Gasteiger partial charge in [0.2, 0.25) is 15.9 Å². The predicted octanol–water partition coefficient (Wildman–Crippen LogP) is 3.67. The van der Waals surface area contributed by atoms with E-state index in [4.69, 9.17) is 5.14 Å². The molecule has 2 heterocycles. The second kappa shape index (κ2) is 9.87. The molecule has 9 heteroatoms. The van der Waals surface area contributed by atoms with Crippen molar-refractivity contribution in [3.05, 3.63) is 54.1 Å². The Morgan fingerprint density at radius 1 is 1.18 bits per heavy atom. The van der Waals surface area contributed by atoms with E-state index in [0.29, 0.717) is 23.1 Å². The zero-order chi connectivity index (χ0) is 23.6. The van der Waals surface area contributed by atoms with E-state index in [0.717, 1.165) is 37.9 Å². The number of benzene rings is 2. The molecule has 0 spiro atoms. The lowest BCUT2D eigenvalue weighted by molar-refractivity contribution is -0.131. The lowest BCUT2D eigenvalue weighted by atomic mass is 9.90. The van der Waals surface area contributed by atoms with Crippen molar-refractivity contribution in [3.8, 4) is 0 Å². The number of carbonyl (C=O) groups excluding carboxylic acids is 1. The van der Waals surface area contributed by atoms with Gasteiger partial charge in [-0.1, -0.05) is 42.1 Å². The largest absolute Gasteiger partial charge is 0.342 e. The van der Waals surface area contributed by atoms with Crippen LogP contribution in [0.4, 0.5) is 0 Å². The number of amides is 1. The first kappa shape index (κ1) is 23.8. The molecule has 1 amide bonds. The highest BCUT2D eigenvalue weighted by Crippen LogP contribution is 2.30. The average molecular weight is 487 g/mol. The third kappa shape index (κ3) is 5.42. The maximum atomic E-state index is 13.1. The molecule has 2 N–H and O–H groups in total. The maximum absolute atomic E-state index is 13.1. The second-order valence-corrected chi connectivity index (χ2v) is 11.4. The Kier molecular flexibility index (Phi) is 7.11. The number of sulfonamides is 1. The van der Waals surface area contributed by atoms with Crippen LogP contribution in [0.5, 0.6) is 0 Å². The molecule has 4 rings (SSSR count). The fraction of sp³-hybridized carbons (Fsp3) is 0.417. The molecule has 2 aromatic carbocycles. The lowest BCUT2D eigenvalue weighted by Crippen LogP contribution is -2.42. The molecular weight excluding hydrogens is 456 g/mol. The fourth-order valence-electron chi connectivity index (χ4n) is 4.43. The van der Waals surface area contributed by atoms with E-state index in [1.165, 1.54) is 29.5 Å². The van der Waals surface area contributed by atoms with Crippen LogP contribution in [0.25, 0.3) is 11.0 Å². The van der Waals surface area contributed by atoms with Crippen molar-refractivity contribution < 1.29 is 13.2 Å². The van der Waals surface area contributed by atoms with Gasteiger partial charge in [0.05, 0.1) is 21.2 Å². The first-order valence-corrected chi connectivity index (χ1v) is 13.7. The third-order valence-corrected chi connectivity index (χ3v) is 8.24. The summed E-state index contributed by atoms with van der Waals surface area (Å²) in [6, 6.07) is 15.2. The second-order valence-electron chi connectivity index (χ2n) is 8.55. The van der Waals surface area contributed by atoms with Gasteiger partial charge in [-0.05, 0) is 62.8 Å². The van der Waals surface area contributed by atoms with Crippen LogP contribution in [0.2, 0.25) is 0 Å². The van der Waals surface area contributed by atoms with Gasteiger partial charge in [-0.3, -0.25) is 4.79 Å². The van der Waals surface area contributed by atoms with E-state index in [1.54, 1.807) is 6.07 Å². The van der Waals surface area contributed by atoms with Gasteiger partial charge in [-0.25, -0.2) is 18.5 Å². The molecule has 1 aliphatic heterocycles. The van der Waals surface area contributed by atoms with Gasteiger partial charge >= 0.3 is 0 Å². The number of nitrogens with zero attached hydrogens (tertiary/aromatic N) is 3. The van der Waals surface area contributed by atoms with Crippen molar-refractivity contribution in [2.75, 3.05) is 13.1 Å². The Hall–Kier alpha value is -2.36. The number of fused-ring (bicyclic) bond motifs is 1. The van der Waals surface area contributed by atoms with Crippen molar-refractivity contribution in [3.63, 3.8) is 0 Å². The summed E-state index contributed by atoms with van der Waals surface area (Å²) < 4.78 is 25.4. The van der Waals surface area contributed by atoms with Gasteiger partial charge in [0.15, 0.2) is 5.16 Å². The zero-order valence-corrected chi connectivity index (χ0v) is 20.6. The highest BCUT2D eigenvalue weighted by atomic mass is 32.2. The Bertz CT molecular complexity index is 1230. The van der Waals surface area contributed by atoms with E-state index in [9.17, 15) is 13.2 Å². The summed E-state index contributed by atoms with van der Waals surface area (Å²) in [4.78, 5) is 19.8. The number of imidazole rings is 1. The minimum absolute atomic E-state index is 0.0369. The van der Waals surface area contributed by atoms with Gasteiger partial charge < -0.3 is 9.47 Å². The normalized spacial score (nSPS) is 16.3. The first-order valence-electron chi connectivity index (χ1n) is 11.3. The van der Waals surface area contributed by atoms with E-state index in [-0.39, 0.29) is 16.1 Å². The molecule has 3 aromatic rings. The highest BCUT2D eigenvalue weighted by molar-refractivity contribution is 8.00. The molecule has 7 nitrogen and oxygen atoms in total. The Balaban J connectivity index is 1.41. The van der Waals surface area contributed by atoms with Gasteiger partial charge in [0.25, 0.3) is 0 Å². The molecule has 176 valence electrons. The predicted molar refractivity (Wildman–Crippen MR) is 132 cm³/mol. The average Bonchev–Trinajstić information content (AvgIpc) is 3.15. The fourth-order valence-corrected chi connectivity index (χ4v) is 6.04. The molecule has 0 bridgehead atoms. The first-order chi connectivity index (χ1) is 15.8. The summed E-state index contributed by atoms with van der Waals surface area (Å²) >= 11 is 1.42. The number of hydrogen-bond acceptors (Lipinski definition) is 5. The van der Waals surface area contributed by atoms with Crippen LogP contribution in [0, 0.1) is 5.92 Å². The molecule has 0 aliphatic carbocycles. The monoisotopic (exact) mass is 486 g/mol. The maximum Gasteiger partial charge on any atom is 0.238 e. The number of thioether (sulfide) groups is 1. The summed E-state index contributed by atoms with van der Waals surface area (Å²) in [5.74, 6) is 0.731. The number of aromatic nitrogens is 2. The van der Waals surface area contributed by atoms with Crippen molar-refractivity contribution in [2.45, 2.75) is 55.0 Å². The highest BCUT2D eigenvalue weighted by Gasteiger charge is 2.28. The van der Waals surface area contributed by atoms with Gasteiger partial charge in [-0.15, -0.1) is 0 Å². The van der Waals surface area contributed by atoms with Crippen LogP contribution in [-0.4, -0.2) is 47.1 Å². The van der Waals surface area contributed by atoms with E-state index < -0.39 is 10.0 Å². The van der Waals surface area contributed by atoms with Crippen molar-refractivity contribution in [2.24, 2.45) is 11.1 Å². The van der Waals surface area contributed by atoms with Crippen molar-refractivity contribution in [1.29, 1.82) is 0 Å². The van der Waals surface area contributed by atoms with Crippen molar-refractivity contribution >= 4 is 38.7 Å². The Morgan fingerprint density at radius 2 is 1.88 bits per heavy atom. The SMILES string of the molecule is CCn1c(SC(C)C(=O)N2CCC(Cc3ccccc3)CC2)nc2cc(S(N)(=O)=O)ccc21. The van der Waals surface area contributed by atoms with Crippen LogP contribution < -0.4 is 5.14 Å². The molecule has 0 radical (unpaired) electrons. The Labute approximate surface area is 199 Å². The minimum atomic E-state index is -3.80. The van der Waals surface area contributed by atoms with E-state index in [2.05, 4.69) is 29.2 Å².